The number of nitrogens with zero attached hydrogens (tertiary/aromatic N) is 1. The quantitative estimate of drug-likeness (QED) is 0.215. The lowest BCUT2D eigenvalue weighted by atomic mass is 9.44. The summed E-state index contributed by atoms with van der Waals surface area (Å²) in [6, 6.07) is 4.08. The van der Waals surface area contributed by atoms with Gasteiger partial charge in [0.1, 0.15) is 11.9 Å². The maximum atomic E-state index is 13.5. The van der Waals surface area contributed by atoms with Crippen LogP contribution in [0, 0.1) is 39.9 Å². The monoisotopic (exact) mass is 528 g/mol. The van der Waals surface area contributed by atoms with E-state index >= 15 is 0 Å². The van der Waals surface area contributed by atoms with E-state index in [0.29, 0.717) is 18.8 Å². The minimum atomic E-state index is -0.645. The van der Waals surface area contributed by atoms with Crippen LogP contribution in [0.4, 0.5) is 0 Å². The number of rotatable bonds is 7. The molecule has 3 fully saturated rings. The summed E-state index contributed by atoms with van der Waals surface area (Å²) < 4.78 is 8.50. The van der Waals surface area contributed by atoms with Crippen molar-refractivity contribution in [3.8, 4) is 0 Å². The van der Waals surface area contributed by atoms with E-state index in [1.54, 1.807) is 0 Å². The molecule has 0 unspecified atom stereocenters. The van der Waals surface area contributed by atoms with Crippen molar-refractivity contribution in [3.05, 3.63) is 37.2 Å². The fourth-order valence-corrected chi connectivity index (χ4v) is 8.59. The molecule has 204 valence electrons. The van der Waals surface area contributed by atoms with Crippen molar-refractivity contribution < 1.29 is 24.0 Å². The Bertz CT molecular complexity index is 1020. The normalized spacial score (nSPS) is 39.6. The summed E-state index contributed by atoms with van der Waals surface area (Å²) in [5.74, 6) is 0.812. The first kappa shape index (κ1) is 28.4. The molecular weight excluding hydrogens is 482 g/mol. The van der Waals surface area contributed by atoms with Crippen molar-refractivity contribution in [2.24, 2.45) is 39.9 Å². The Morgan fingerprint density at radius 2 is 1.95 bits per heavy atom. The highest BCUT2D eigenvalue weighted by Crippen LogP contribution is 2.68. The third-order valence-electron chi connectivity index (χ3n) is 10.4. The third kappa shape index (κ3) is 4.93. The van der Waals surface area contributed by atoms with Gasteiger partial charge in [0, 0.05) is 46.1 Å². The fourth-order valence-electron chi connectivity index (χ4n) is 7.92. The predicted molar refractivity (Wildman–Crippen MR) is 147 cm³/mol. The van der Waals surface area contributed by atoms with Gasteiger partial charge in [0.2, 0.25) is 0 Å². The van der Waals surface area contributed by atoms with Gasteiger partial charge in [-0.1, -0.05) is 47.6 Å². The van der Waals surface area contributed by atoms with E-state index in [9.17, 15) is 14.7 Å². The third-order valence-corrected chi connectivity index (χ3v) is 11.4. The predicted octanol–water partition coefficient (Wildman–Crippen LogP) is 5.63. The lowest BCUT2D eigenvalue weighted by Gasteiger charge is -2.61. The van der Waals surface area contributed by atoms with Crippen LogP contribution in [0.3, 0.4) is 0 Å². The van der Waals surface area contributed by atoms with Gasteiger partial charge in [-0.05, 0) is 42.9 Å². The molecule has 37 heavy (non-hydrogen) atoms. The molecule has 3 aliphatic rings. The first-order valence-electron chi connectivity index (χ1n) is 14.0. The zero-order chi connectivity index (χ0) is 27.2. The number of aliphatic hydroxyl groups excluding tert-OH is 1. The van der Waals surface area contributed by atoms with E-state index in [2.05, 4.69) is 58.2 Å². The molecule has 6 heteroatoms. The van der Waals surface area contributed by atoms with E-state index in [0.717, 1.165) is 30.7 Å². The zero-order valence-corrected chi connectivity index (χ0v) is 24.4. The van der Waals surface area contributed by atoms with Crippen LogP contribution in [0.2, 0.25) is 0 Å². The molecule has 1 aromatic rings. The molecule has 0 saturated heterocycles. The second-order valence-electron chi connectivity index (χ2n) is 13.0. The van der Waals surface area contributed by atoms with Crippen molar-refractivity contribution in [3.63, 3.8) is 0 Å². The number of aliphatic hydroxyl groups is 1. The van der Waals surface area contributed by atoms with Crippen LogP contribution in [0.15, 0.2) is 42.1 Å². The van der Waals surface area contributed by atoms with Crippen LogP contribution >= 0.6 is 11.8 Å². The molecule has 0 aliphatic heterocycles. The Morgan fingerprint density at radius 1 is 1.27 bits per heavy atom. The van der Waals surface area contributed by atoms with Gasteiger partial charge in [0.25, 0.3) is 0 Å². The lowest BCUT2D eigenvalue weighted by molar-refractivity contribution is -0.702. The topological polar surface area (TPSA) is 67.5 Å². The van der Waals surface area contributed by atoms with Crippen molar-refractivity contribution >= 4 is 23.5 Å². The molecule has 0 spiro atoms. The Balaban J connectivity index is 1.59. The summed E-state index contributed by atoms with van der Waals surface area (Å²) in [7, 11) is 0. The molecule has 1 N–H and O–H groups in total. The number of aromatic nitrogens is 1. The van der Waals surface area contributed by atoms with E-state index in [1.807, 2.05) is 25.1 Å². The summed E-state index contributed by atoms with van der Waals surface area (Å²) in [5, 5.41) is 11.6. The first-order chi connectivity index (χ1) is 17.4. The largest absolute Gasteiger partial charge is 0.461 e. The molecule has 0 radical (unpaired) electrons. The van der Waals surface area contributed by atoms with Crippen LogP contribution in [0.25, 0.3) is 0 Å². The second-order valence-corrected chi connectivity index (χ2v) is 14.0. The summed E-state index contributed by atoms with van der Waals surface area (Å²) in [4.78, 5) is 27.8. The maximum Gasteiger partial charge on any atom is 0.316 e. The molecule has 8 atom stereocenters. The number of carbonyl (C=O) groups is 2. The SMILES string of the molecule is C=C[C@]1(C)C[C@@H](OC(=O)CSc2cc[n+](CC(C)C)cc2)[C@]2(C)[C@H](C)CC[C@]3(CCC(=O)[C@H]32)[C@@H](C)[C@@H]1O. The summed E-state index contributed by atoms with van der Waals surface area (Å²) >= 11 is 1.48. The van der Waals surface area contributed by atoms with E-state index < -0.39 is 23.0 Å². The van der Waals surface area contributed by atoms with Crippen molar-refractivity contribution in [1.82, 2.24) is 0 Å². The second kappa shape index (κ2) is 10.5. The smallest absolute Gasteiger partial charge is 0.316 e. The molecule has 0 aromatic carbocycles. The summed E-state index contributed by atoms with van der Waals surface area (Å²) in [6.07, 6.45) is 8.59. The van der Waals surface area contributed by atoms with Crippen LogP contribution < -0.4 is 4.57 Å². The average molecular weight is 529 g/mol. The van der Waals surface area contributed by atoms with Gasteiger partial charge >= 0.3 is 5.97 Å². The Kier molecular flexibility index (Phi) is 8.03. The Morgan fingerprint density at radius 3 is 2.57 bits per heavy atom. The average Bonchev–Trinajstić information content (AvgIpc) is 3.22. The van der Waals surface area contributed by atoms with Crippen molar-refractivity contribution in [2.45, 2.75) is 97.3 Å². The van der Waals surface area contributed by atoms with Crippen molar-refractivity contribution in [2.75, 3.05) is 5.75 Å². The highest BCUT2D eigenvalue weighted by atomic mass is 32.2. The molecule has 5 nitrogen and oxygen atoms in total. The summed E-state index contributed by atoms with van der Waals surface area (Å²) in [6.45, 7) is 18.0. The number of pyridine rings is 1. The number of carbonyl (C=O) groups excluding carboxylic acids is 2. The van der Waals surface area contributed by atoms with Gasteiger partial charge in [-0.25, -0.2) is 4.57 Å². The number of hydrogen-bond donors (Lipinski definition) is 1. The van der Waals surface area contributed by atoms with Crippen LogP contribution in [-0.4, -0.2) is 34.8 Å². The van der Waals surface area contributed by atoms with Gasteiger partial charge in [-0.2, -0.15) is 0 Å². The molecule has 4 rings (SSSR count). The van der Waals surface area contributed by atoms with Crippen molar-refractivity contribution in [1.29, 1.82) is 0 Å². The van der Waals surface area contributed by atoms with Crippen LogP contribution in [-0.2, 0) is 20.9 Å². The number of thioether (sulfide) groups is 1. The zero-order valence-electron chi connectivity index (χ0n) is 23.5. The minimum absolute atomic E-state index is 0.0254. The van der Waals surface area contributed by atoms with Gasteiger partial charge in [0.15, 0.2) is 18.9 Å². The number of ether oxygens (including phenoxy) is 1. The Labute approximate surface area is 227 Å². The number of Topliss-reactive ketones (excluding diaryl/α,β-unsaturated/α-hetero) is 1. The highest BCUT2D eigenvalue weighted by Gasteiger charge is 2.68. The molecule has 1 heterocycles. The van der Waals surface area contributed by atoms with Gasteiger partial charge in [-0.3, -0.25) is 9.59 Å². The van der Waals surface area contributed by atoms with E-state index in [1.165, 1.54) is 11.8 Å². The molecule has 1 aromatic heterocycles. The maximum absolute atomic E-state index is 13.5. The summed E-state index contributed by atoms with van der Waals surface area (Å²) in [5.41, 5.74) is -1.33. The van der Waals surface area contributed by atoms with E-state index in [4.69, 9.17) is 4.74 Å². The molecule has 2 bridgehead atoms. The minimum Gasteiger partial charge on any atom is -0.461 e. The standard InChI is InChI=1S/C31H46NO4S/c1-8-29(6)17-25(36-26(34)19-37-23-11-15-32(16-12-23)18-20(2)3)30(7)21(4)9-13-31(22(5)28(29)35)14-10-24(33)27(30)31/h8,11-12,15-16,20-22,25,27-28,35H,1,9-10,13-14,17-19H2,2-7H3/q+1/t21-,22+,25-,27+,28+,29-,30+,31+/m1/s1. The lowest BCUT2D eigenvalue weighted by Crippen LogP contribution is -2.63. The number of ketones is 1. The van der Waals surface area contributed by atoms with Gasteiger partial charge in [-0.15, -0.1) is 18.3 Å². The molecular formula is C31H46NO4S+. The highest BCUT2D eigenvalue weighted by molar-refractivity contribution is 8.00. The molecule has 0 amide bonds. The Hall–Kier alpha value is -1.66. The molecule has 3 saturated carbocycles. The van der Waals surface area contributed by atoms with Crippen LogP contribution in [0.1, 0.15) is 73.6 Å². The molecule has 3 aliphatic carbocycles. The first-order valence-corrected chi connectivity index (χ1v) is 15.0. The number of esters is 1. The number of hydrogen-bond acceptors (Lipinski definition) is 5. The van der Waals surface area contributed by atoms with E-state index in [-0.39, 0.29) is 40.7 Å². The van der Waals surface area contributed by atoms with Crippen LogP contribution in [0.5, 0.6) is 0 Å². The van der Waals surface area contributed by atoms with Gasteiger partial charge < -0.3 is 9.84 Å². The fraction of sp³-hybridized carbons (Fsp3) is 0.710. The van der Waals surface area contributed by atoms with Gasteiger partial charge in [0.05, 0.1) is 11.9 Å².